The van der Waals surface area contributed by atoms with E-state index in [4.69, 9.17) is 16.7 Å². The van der Waals surface area contributed by atoms with Crippen molar-refractivity contribution in [2.24, 2.45) is 0 Å². The number of benzene rings is 1. The van der Waals surface area contributed by atoms with Crippen molar-refractivity contribution in [2.75, 3.05) is 13.1 Å². The average molecular weight is 403 g/mol. The predicted molar refractivity (Wildman–Crippen MR) is 97.9 cm³/mol. The normalized spacial score (nSPS) is 17.3. The van der Waals surface area contributed by atoms with Gasteiger partial charge in [0.05, 0.1) is 11.4 Å². The summed E-state index contributed by atoms with van der Waals surface area (Å²) < 4.78 is 27.3. The molecule has 26 heavy (non-hydrogen) atoms. The maximum Gasteiger partial charge on any atom is 0.305 e. The van der Waals surface area contributed by atoms with Crippen LogP contribution in [0.4, 0.5) is 0 Å². The highest BCUT2D eigenvalue weighted by atomic mass is 35.5. The molecule has 1 atom stereocenters. The van der Waals surface area contributed by atoms with Crippen molar-refractivity contribution in [3.63, 3.8) is 0 Å². The van der Waals surface area contributed by atoms with Gasteiger partial charge in [-0.3, -0.25) is 9.59 Å². The minimum atomic E-state index is -3.79. The van der Waals surface area contributed by atoms with Gasteiger partial charge in [0, 0.05) is 24.7 Å². The molecule has 9 heteroatoms. The summed E-state index contributed by atoms with van der Waals surface area (Å²) in [7, 11) is -3.79. The van der Waals surface area contributed by atoms with Crippen molar-refractivity contribution < 1.29 is 23.1 Å². The molecule has 1 aromatic carbocycles. The molecule has 1 fully saturated rings. The molecule has 7 nitrogen and oxygen atoms in total. The first kappa shape index (κ1) is 20.7. The number of halogens is 1. The summed E-state index contributed by atoms with van der Waals surface area (Å²) in [5.41, 5.74) is 0.125. The Morgan fingerprint density at radius 1 is 1.23 bits per heavy atom. The zero-order valence-electron chi connectivity index (χ0n) is 14.6. The molecular weight excluding hydrogens is 380 g/mol. The molecule has 0 aliphatic carbocycles. The Balaban J connectivity index is 2.25. The van der Waals surface area contributed by atoms with E-state index in [2.05, 4.69) is 5.32 Å². The number of carbonyl (C=O) groups excluding carboxylic acids is 1. The highest BCUT2D eigenvalue weighted by molar-refractivity contribution is 7.89. The number of hydrogen-bond acceptors (Lipinski definition) is 4. The molecule has 1 unspecified atom stereocenters. The number of amides is 1. The molecule has 0 spiro atoms. The summed E-state index contributed by atoms with van der Waals surface area (Å²) >= 11 is 6.10. The lowest BCUT2D eigenvalue weighted by atomic mass is 10.2. The lowest BCUT2D eigenvalue weighted by molar-refractivity contribution is -0.137. The third-order valence-corrected chi connectivity index (χ3v) is 6.61. The quantitative estimate of drug-likeness (QED) is 0.760. The van der Waals surface area contributed by atoms with E-state index in [1.807, 2.05) is 0 Å². The predicted octanol–water partition coefficient (Wildman–Crippen LogP) is 2.50. The fraction of sp³-hybridized carbons (Fsp3) is 0.529. The van der Waals surface area contributed by atoms with E-state index in [1.165, 1.54) is 22.5 Å². The lowest BCUT2D eigenvalue weighted by Gasteiger charge is -2.21. The molecular formula is C17H23ClN2O5S. The molecule has 144 valence electrons. The second-order valence-corrected chi connectivity index (χ2v) is 8.75. The molecule has 1 heterocycles. The van der Waals surface area contributed by atoms with Gasteiger partial charge in [-0.2, -0.15) is 4.31 Å². The zero-order valence-corrected chi connectivity index (χ0v) is 16.1. The Kier molecular flexibility index (Phi) is 7.02. The van der Waals surface area contributed by atoms with E-state index >= 15 is 0 Å². The summed E-state index contributed by atoms with van der Waals surface area (Å²) in [5, 5.41) is 11.4. The van der Waals surface area contributed by atoms with E-state index in [-0.39, 0.29) is 21.9 Å². The number of carboxylic acids is 1. The smallest absolute Gasteiger partial charge is 0.305 e. The Labute approximate surface area is 158 Å². The Hall–Kier alpha value is -1.64. The number of rotatable bonds is 6. The molecule has 0 radical (unpaired) electrons. The van der Waals surface area contributed by atoms with Gasteiger partial charge in [0.15, 0.2) is 0 Å². The van der Waals surface area contributed by atoms with Crippen molar-refractivity contribution >= 4 is 33.5 Å². The minimum Gasteiger partial charge on any atom is -0.481 e. The molecule has 1 amide bonds. The minimum absolute atomic E-state index is 0.0596. The molecule has 0 saturated carbocycles. The number of hydrogen-bond donors (Lipinski definition) is 2. The maximum atomic E-state index is 12.9. The van der Waals surface area contributed by atoms with Crippen LogP contribution in [-0.2, 0) is 14.8 Å². The number of aliphatic carboxylic acids is 1. The first-order valence-corrected chi connectivity index (χ1v) is 10.4. The first-order valence-electron chi connectivity index (χ1n) is 8.54. The van der Waals surface area contributed by atoms with Gasteiger partial charge < -0.3 is 10.4 Å². The van der Waals surface area contributed by atoms with Crippen LogP contribution in [0.3, 0.4) is 0 Å². The highest BCUT2D eigenvalue weighted by Gasteiger charge is 2.28. The van der Waals surface area contributed by atoms with Gasteiger partial charge in [-0.15, -0.1) is 0 Å². The number of nitrogens with one attached hydrogen (secondary N) is 1. The first-order chi connectivity index (χ1) is 12.2. The van der Waals surface area contributed by atoms with Crippen LogP contribution in [0.25, 0.3) is 0 Å². The van der Waals surface area contributed by atoms with Crippen LogP contribution >= 0.6 is 11.6 Å². The largest absolute Gasteiger partial charge is 0.481 e. The summed E-state index contributed by atoms with van der Waals surface area (Å²) in [6, 6.07) is 3.47. The topological polar surface area (TPSA) is 104 Å². The monoisotopic (exact) mass is 402 g/mol. The van der Waals surface area contributed by atoms with Crippen LogP contribution in [0.15, 0.2) is 23.1 Å². The molecule has 0 aromatic heterocycles. The van der Waals surface area contributed by atoms with Crippen molar-refractivity contribution in [1.82, 2.24) is 9.62 Å². The van der Waals surface area contributed by atoms with Crippen molar-refractivity contribution in [1.29, 1.82) is 0 Å². The number of carboxylic acid groups (broad SMARTS) is 1. The summed E-state index contributed by atoms with van der Waals surface area (Å²) in [6.07, 6.45) is 3.35. The van der Waals surface area contributed by atoms with Crippen LogP contribution in [0, 0.1) is 0 Å². The summed E-state index contributed by atoms with van der Waals surface area (Å²) in [4.78, 5) is 22.9. The third-order valence-electron chi connectivity index (χ3n) is 4.23. The molecule has 2 rings (SSSR count). The number of sulfonamides is 1. The number of carbonyl (C=O) groups is 2. The Morgan fingerprint density at radius 2 is 1.85 bits per heavy atom. The molecule has 1 aliphatic heterocycles. The van der Waals surface area contributed by atoms with Gasteiger partial charge in [-0.25, -0.2) is 8.42 Å². The van der Waals surface area contributed by atoms with E-state index in [0.29, 0.717) is 13.1 Å². The van der Waals surface area contributed by atoms with Crippen molar-refractivity contribution in [2.45, 2.75) is 50.0 Å². The van der Waals surface area contributed by atoms with Crippen LogP contribution < -0.4 is 5.32 Å². The third kappa shape index (κ3) is 5.18. The summed E-state index contributed by atoms with van der Waals surface area (Å²) in [6.45, 7) is 2.44. The van der Waals surface area contributed by atoms with Gasteiger partial charge in [0.2, 0.25) is 10.0 Å². The van der Waals surface area contributed by atoms with Gasteiger partial charge >= 0.3 is 5.97 Å². The highest BCUT2D eigenvalue weighted by Crippen LogP contribution is 2.27. The van der Waals surface area contributed by atoms with Crippen LogP contribution in [-0.4, -0.2) is 48.8 Å². The molecule has 1 aromatic rings. The molecule has 1 aliphatic rings. The Bertz CT molecular complexity index is 773. The second kappa shape index (κ2) is 8.83. The van der Waals surface area contributed by atoms with Crippen molar-refractivity contribution in [3.8, 4) is 0 Å². The van der Waals surface area contributed by atoms with Crippen LogP contribution in [0.1, 0.15) is 49.4 Å². The fourth-order valence-electron chi connectivity index (χ4n) is 2.88. The molecule has 2 N–H and O–H groups in total. The van der Waals surface area contributed by atoms with Gasteiger partial charge in [-0.05, 0) is 38.0 Å². The fourth-order valence-corrected chi connectivity index (χ4v) is 4.90. The second-order valence-electron chi connectivity index (χ2n) is 6.44. The molecule has 0 bridgehead atoms. The summed E-state index contributed by atoms with van der Waals surface area (Å²) in [5.74, 6) is -1.57. The average Bonchev–Trinajstić information content (AvgIpc) is 2.83. The SMILES string of the molecule is CC(CC(=O)O)NC(=O)c1ccc(Cl)c(S(=O)(=O)N2CCCCCC2)c1. The van der Waals surface area contributed by atoms with Crippen LogP contribution in [0.2, 0.25) is 5.02 Å². The maximum absolute atomic E-state index is 12.9. The van der Waals surface area contributed by atoms with Gasteiger partial charge in [0.25, 0.3) is 5.91 Å². The number of nitrogens with zero attached hydrogens (tertiary/aromatic N) is 1. The van der Waals surface area contributed by atoms with E-state index < -0.39 is 27.9 Å². The lowest BCUT2D eigenvalue weighted by Crippen LogP contribution is -2.35. The standard InChI is InChI=1S/C17H23ClN2O5S/c1-12(10-16(21)22)19-17(23)13-6-7-14(18)15(11-13)26(24,25)20-8-4-2-3-5-9-20/h6-7,11-12H,2-5,8-10H2,1H3,(H,19,23)(H,21,22). The van der Waals surface area contributed by atoms with Gasteiger partial charge in [0.1, 0.15) is 4.90 Å². The van der Waals surface area contributed by atoms with E-state index in [1.54, 1.807) is 6.92 Å². The zero-order chi connectivity index (χ0) is 19.3. The van der Waals surface area contributed by atoms with Crippen LogP contribution in [0.5, 0.6) is 0 Å². The van der Waals surface area contributed by atoms with E-state index in [0.717, 1.165) is 25.7 Å². The Morgan fingerprint density at radius 3 is 2.42 bits per heavy atom. The van der Waals surface area contributed by atoms with Gasteiger partial charge in [-0.1, -0.05) is 24.4 Å². The van der Waals surface area contributed by atoms with Crippen molar-refractivity contribution in [3.05, 3.63) is 28.8 Å². The molecule has 1 saturated heterocycles. The van der Waals surface area contributed by atoms with E-state index in [9.17, 15) is 18.0 Å².